The maximum Gasteiger partial charge on any atom is 0.282 e. The molecule has 0 aliphatic carbocycles. The van der Waals surface area contributed by atoms with Crippen LogP contribution in [-0.2, 0) is 4.74 Å². The summed E-state index contributed by atoms with van der Waals surface area (Å²) in [4.78, 5) is 4.16. The van der Waals surface area contributed by atoms with Gasteiger partial charge in [-0.25, -0.2) is 4.99 Å². The van der Waals surface area contributed by atoms with Crippen LogP contribution in [0.15, 0.2) is 23.2 Å². The molecule has 0 saturated carbocycles. The molecule has 0 amide bonds. The summed E-state index contributed by atoms with van der Waals surface area (Å²) in [7, 11) is 0. The number of aliphatic imine (C=N–C) groups is 1. The molecule has 78 valence electrons. The Balaban J connectivity index is 1.93. The fourth-order valence-electron chi connectivity index (χ4n) is 1.68. The third-order valence-corrected chi connectivity index (χ3v) is 2.45. The van der Waals surface area contributed by atoms with Crippen molar-refractivity contribution < 1.29 is 14.2 Å². The summed E-state index contributed by atoms with van der Waals surface area (Å²) >= 11 is 0. The molecule has 0 saturated heterocycles. The Kier molecular flexibility index (Phi) is 1.71. The van der Waals surface area contributed by atoms with Gasteiger partial charge in [-0.05, 0) is 17.7 Å². The zero-order valence-corrected chi connectivity index (χ0v) is 7.97. The maximum atomic E-state index is 5.45. The summed E-state index contributed by atoms with van der Waals surface area (Å²) in [6, 6.07) is 5.96. The number of nitrogens with two attached hydrogens (primary N) is 1. The highest BCUT2D eigenvalue weighted by Crippen LogP contribution is 2.35. The van der Waals surface area contributed by atoms with Gasteiger partial charge in [0.05, 0.1) is 0 Å². The Bertz CT molecular complexity index is 431. The van der Waals surface area contributed by atoms with Gasteiger partial charge in [0, 0.05) is 0 Å². The molecular weight excluding hydrogens is 196 g/mol. The van der Waals surface area contributed by atoms with Gasteiger partial charge in [0.2, 0.25) is 6.79 Å². The van der Waals surface area contributed by atoms with Crippen molar-refractivity contribution in [3.63, 3.8) is 0 Å². The second-order valence-corrected chi connectivity index (χ2v) is 3.41. The standard InChI is InChI=1S/C10H10N2O3/c11-10-12-7(4-13-10)6-1-2-8-9(3-6)15-5-14-8/h1-3,7H,4-5H2,(H2,11,12). The molecule has 0 radical (unpaired) electrons. The third kappa shape index (κ3) is 1.36. The lowest BCUT2D eigenvalue weighted by molar-refractivity contribution is 0.174. The van der Waals surface area contributed by atoms with E-state index in [1.807, 2.05) is 18.2 Å². The zero-order valence-electron chi connectivity index (χ0n) is 7.97. The quantitative estimate of drug-likeness (QED) is 0.738. The minimum absolute atomic E-state index is 0.0282. The van der Waals surface area contributed by atoms with Crippen LogP contribution < -0.4 is 15.2 Å². The average molecular weight is 206 g/mol. The number of nitrogens with zero attached hydrogens (tertiary/aromatic N) is 1. The molecule has 15 heavy (non-hydrogen) atoms. The molecule has 0 aromatic heterocycles. The summed E-state index contributed by atoms with van der Waals surface area (Å²) < 4.78 is 15.6. The second kappa shape index (κ2) is 3.05. The van der Waals surface area contributed by atoms with Crippen molar-refractivity contribution in [1.29, 1.82) is 0 Å². The van der Waals surface area contributed by atoms with Crippen LogP contribution in [0.2, 0.25) is 0 Å². The Labute approximate surface area is 86.5 Å². The van der Waals surface area contributed by atoms with Gasteiger partial charge in [0.25, 0.3) is 6.02 Å². The monoisotopic (exact) mass is 206 g/mol. The first-order chi connectivity index (χ1) is 7.33. The lowest BCUT2D eigenvalue weighted by Gasteiger charge is -2.05. The Morgan fingerprint density at radius 2 is 2.07 bits per heavy atom. The van der Waals surface area contributed by atoms with Crippen molar-refractivity contribution >= 4 is 6.02 Å². The van der Waals surface area contributed by atoms with E-state index < -0.39 is 0 Å². The largest absolute Gasteiger partial charge is 0.463 e. The van der Waals surface area contributed by atoms with Crippen LogP contribution in [0.25, 0.3) is 0 Å². The summed E-state index contributed by atoms with van der Waals surface area (Å²) in [5.41, 5.74) is 6.47. The van der Waals surface area contributed by atoms with Crippen LogP contribution in [0.1, 0.15) is 11.6 Å². The van der Waals surface area contributed by atoms with E-state index in [1.165, 1.54) is 0 Å². The smallest absolute Gasteiger partial charge is 0.282 e. The first kappa shape index (κ1) is 8.40. The minimum atomic E-state index is -0.0282. The number of rotatable bonds is 1. The molecular formula is C10H10N2O3. The van der Waals surface area contributed by atoms with Gasteiger partial charge in [-0.15, -0.1) is 0 Å². The van der Waals surface area contributed by atoms with E-state index in [-0.39, 0.29) is 18.9 Å². The van der Waals surface area contributed by atoms with Gasteiger partial charge < -0.3 is 19.9 Å². The Hall–Kier alpha value is -1.91. The van der Waals surface area contributed by atoms with E-state index in [0.717, 1.165) is 17.1 Å². The number of fused-ring (bicyclic) bond motifs is 1. The van der Waals surface area contributed by atoms with Crippen LogP contribution in [-0.4, -0.2) is 19.4 Å². The number of hydrogen-bond donors (Lipinski definition) is 1. The molecule has 1 aromatic rings. The van der Waals surface area contributed by atoms with Gasteiger partial charge in [0.1, 0.15) is 12.6 Å². The van der Waals surface area contributed by atoms with Crippen LogP contribution in [0.4, 0.5) is 0 Å². The second-order valence-electron chi connectivity index (χ2n) is 3.41. The van der Waals surface area contributed by atoms with Crippen molar-refractivity contribution in [2.75, 3.05) is 13.4 Å². The molecule has 2 aliphatic rings. The van der Waals surface area contributed by atoms with Crippen LogP contribution in [0.5, 0.6) is 11.5 Å². The summed E-state index contributed by atoms with van der Waals surface area (Å²) in [6.07, 6.45) is 0. The van der Waals surface area contributed by atoms with E-state index in [0.29, 0.717) is 6.61 Å². The molecule has 0 fully saturated rings. The molecule has 0 spiro atoms. The minimum Gasteiger partial charge on any atom is -0.463 e. The topological polar surface area (TPSA) is 66.1 Å². The molecule has 1 aromatic carbocycles. The maximum absolute atomic E-state index is 5.45. The molecule has 3 rings (SSSR count). The van der Waals surface area contributed by atoms with Crippen molar-refractivity contribution in [2.24, 2.45) is 10.7 Å². The molecule has 5 nitrogen and oxygen atoms in total. The number of amidine groups is 1. The highest BCUT2D eigenvalue weighted by molar-refractivity contribution is 5.73. The lowest BCUT2D eigenvalue weighted by Crippen LogP contribution is -2.10. The lowest BCUT2D eigenvalue weighted by atomic mass is 10.1. The normalized spacial score (nSPS) is 22.4. The van der Waals surface area contributed by atoms with Crippen LogP contribution >= 0.6 is 0 Å². The van der Waals surface area contributed by atoms with Crippen LogP contribution in [0, 0.1) is 0 Å². The van der Waals surface area contributed by atoms with Crippen molar-refractivity contribution in [3.05, 3.63) is 23.8 Å². The first-order valence-electron chi connectivity index (χ1n) is 4.68. The molecule has 2 heterocycles. The molecule has 5 heteroatoms. The van der Waals surface area contributed by atoms with Gasteiger partial charge in [-0.1, -0.05) is 6.07 Å². The number of benzene rings is 1. The Morgan fingerprint density at radius 1 is 1.20 bits per heavy atom. The number of ether oxygens (including phenoxy) is 3. The van der Waals surface area contributed by atoms with Crippen molar-refractivity contribution in [2.45, 2.75) is 6.04 Å². The van der Waals surface area contributed by atoms with Crippen LogP contribution in [0.3, 0.4) is 0 Å². The zero-order chi connectivity index (χ0) is 10.3. The average Bonchev–Trinajstić information content (AvgIpc) is 2.84. The fraction of sp³-hybridized carbons (Fsp3) is 0.300. The van der Waals surface area contributed by atoms with Gasteiger partial charge >= 0.3 is 0 Å². The van der Waals surface area contributed by atoms with E-state index in [2.05, 4.69) is 4.99 Å². The third-order valence-electron chi connectivity index (χ3n) is 2.45. The SMILES string of the molecule is NC1=NC(c2ccc3c(c2)OCO3)CO1. The molecule has 2 N–H and O–H groups in total. The highest BCUT2D eigenvalue weighted by atomic mass is 16.7. The van der Waals surface area contributed by atoms with E-state index in [9.17, 15) is 0 Å². The summed E-state index contributed by atoms with van der Waals surface area (Å²) in [5.74, 6) is 1.53. The van der Waals surface area contributed by atoms with Crippen molar-refractivity contribution in [3.8, 4) is 11.5 Å². The van der Waals surface area contributed by atoms with Gasteiger partial charge in [0.15, 0.2) is 11.5 Å². The van der Waals surface area contributed by atoms with Gasteiger partial charge in [-0.3, -0.25) is 0 Å². The molecule has 2 aliphatic heterocycles. The molecule has 1 unspecified atom stereocenters. The fourth-order valence-corrected chi connectivity index (χ4v) is 1.68. The van der Waals surface area contributed by atoms with E-state index in [4.69, 9.17) is 19.9 Å². The van der Waals surface area contributed by atoms with E-state index >= 15 is 0 Å². The predicted octanol–water partition coefficient (Wildman–Crippen LogP) is 0.801. The Morgan fingerprint density at radius 3 is 2.87 bits per heavy atom. The summed E-state index contributed by atoms with van der Waals surface area (Å²) in [6.45, 7) is 0.775. The molecule has 0 bridgehead atoms. The predicted molar refractivity (Wildman–Crippen MR) is 52.9 cm³/mol. The van der Waals surface area contributed by atoms with Gasteiger partial charge in [-0.2, -0.15) is 0 Å². The van der Waals surface area contributed by atoms with E-state index in [1.54, 1.807) is 0 Å². The number of hydrogen-bond acceptors (Lipinski definition) is 5. The first-order valence-corrected chi connectivity index (χ1v) is 4.68. The summed E-state index contributed by atoms with van der Waals surface area (Å²) in [5, 5.41) is 0. The highest BCUT2D eigenvalue weighted by Gasteiger charge is 2.21. The molecule has 1 atom stereocenters. The van der Waals surface area contributed by atoms with Crippen molar-refractivity contribution in [1.82, 2.24) is 0 Å².